The molecular weight excluding hydrogens is 1210 g/mol. The minimum absolute atomic E-state index is 0.112. The van der Waals surface area contributed by atoms with E-state index in [0.29, 0.717) is 69.2 Å². The number of aliphatic carboxylic acids is 1. The van der Waals surface area contributed by atoms with E-state index in [0.717, 1.165) is 16.0 Å². The molecule has 11 atom stereocenters. The molecular formula is C69H101N9O16. The Kier molecular flexibility index (Phi) is 29.4. The highest BCUT2D eigenvalue weighted by Gasteiger charge is 2.46. The minimum Gasteiger partial charge on any atom is -0.480 e. The van der Waals surface area contributed by atoms with Crippen LogP contribution in [0.1, 0.15) is 162 Å². The van der Waals surface area contributed by atoms with Crippen molar-refractivity contribution in [3.63, 3.8) is 0 Å². The van der Waals surface area contributed by atoms with Gasteiger partial charge in [0.2, 0.25) is 29.5 Å². The lowest BCUT2D eigenvalue weighted by molar-refractivity contribution is -0.149. The molecule has 0 aromatic heterocycles. The second-order valence-electron chi connectivity index (χ2n) is 26.5. The number of likely N-dealkylation sites (tertiary alicyclic amines) is 1. The average Bonchev–Trinajstić information content (AvgIpc) is 0.884. The van der Waals surface area contributed by atoms with Crippen molar-refractivity contribution >= 4 is 76.7 Å². The number of Topliss-reactive ketones (excluding diaryl/α,β-unsaturated/α-hetero) is 2. The summed E-state index contributed by atoms with van der Waals surface area (Å²) in [5.41, 5.74) is 6.59. The lowest BCUT2D eigenvalue weighted by atomic mass is 9.73. The third kappa shape index (κ3) is 21.2. The van der Waals surface area contributed by atoms with Gasteiger partial charge in [-0.3, -0.25) is 48.1 Å². The Labute approximate surface area is 552 Å². The summed E-state index contributed by atoms with van der Waals surface area (Å²) >= 11 is 0. The molecule has 3 aliphatic rings. The Morgan fingerprint density at radius 3 is 2.07 bits per heavy atom. The molecule has 8 N–H and O–H groups in total. The van der Waals surface area contributed by atoms with Crippen LogP contribution in [0.2, 0.25) is 0 Å². The molecule has 2 aromatic carbocycles. The van der Waals surface area contributed by atoms with Gasteiger partial charge in [-0.15, -0.1) is 0 Å². The van der Waals surface area contributed by atoms with Gasteiger partial charge in [-0.1, -0.05) is 97.7 Å². The van der Waals surface area contributed by atoms with Crippen molar-refractivity contribution < 1.29 is 76.9 Å². The number of anilines is 1. The van der Waals surface area contributed by atoms with Gasteiger partial charge in [0, 0.05) is 95.8 Å². The van der Waals surface area contributed by atoms with E-state index in [1.54, 1.807) is 61.9 Å². The third-order valence-corrected chi connectivity index (χ3v) is 18.7. The van der Waals surface area contributed by atoms with Gasteiger partial charge in [-0.2, -0.15) is 0 Å². The Morgan fingerprint density at radius 1 is 0.809 bits per heavy atom. The number of fused-ring (bicyclic) bond motifs is 1. The van der Waals surface area contributed by atoms with Crippen molar-refractivity contribution in [3.05, 3.63) is 77.4 Å². The fourth-order valence-electron chi connectivity index (χ4n) is 12.8. The number of likely N-dealkylation sites (N-methyl/N-ethyl adjacent to an activating group) is 1. The molecule has 0 saturated carbocycles. The van der Waals surface area contributed by atoms with Crippen LogP contribution < -0.4 is 32.3 Å². The zero-order valence-electron chi connectivity index (χ0n) is 56.8. The van der Waals surface area contributed by atoms with Crippen molar-refractivity contribution in [3.8, 4) is 0 Å². The highest BCUT2D eigenvalue weighted by molar-refractivity contribution is 6.12. The lowest BCUT2D eigenvalue weighted by Gasteiger charge is -2.41. The van der Waals surface area contributed by atoms with Crippen molar-refractivity contribution in [1.29, 1.82) is 0 Å². The lowest BCUT2D eigenvalue weighted by Crippen LogP contribution is -2.55. The van der Waals surface area contributed by atoms with Crippen molar-refractivity contribution in [2.75, 3.05) is 46.2 Å². The van der Waals surface area contributed by atoms with Gasteiger partial charge in [0.1, 0.15) is 12.6 Å². The van der Waals surface area contributed by atoms with Crippen LogP contribution >= 0.6 is 0 Å². The number of ketones is 2. The number of nitrogens with zero attached hydrogens (tertiary/aromatic N) is 3. The highest BCUT2D eigenvalue weighted by atomic mass is 16.5. The molecule has 1 aliphatic carbocycles. The van der Waals surface area contributed by atoms with Crippen LogP contribution in [0.25, 0.3) is 0 Å². The number of carboxylic acid groups (broad SMARTS) is 1. The van der Waals surface area contributed by atoms with Gasteiger partial charge in [0.25, 0.3) is 11.8 Å². The Morgan fingerprint density at radius 2 is 1.48 bits per heavy atom. The minimum atomic E-state index is -1.49. The highest BCUT2D eigenvalue weighted by Crippen LogP contribution is 2.38. The van der Waals surface area contributed by atoms with E-state index in [1.807, 2.05) is 52.0 Å². The summed E-state index contributed by atoms with van der Waals surface area (Å²) in [7, 11) is 4.60. The fourth-order valence-corrected chi connectivity index (χ4v) is 12.8. The molecule has 10 amide bonds. The first kappa shape index (κ1) is 76.7. The van der Waals surface area contributed by atoms with Crippen LogP contribution in [-0.4, -0.2) is 174 Å². The number of methoxy groups -OCH3 is 2. The van der Waals surface area contributed by atoms with Crippen LogP contribution in [0.5, 0.6) is 0 Å². The van der Waals surface area contributed by atoms with Gasteiger partial charge in [-0.05, 0) is 105 Å². The number of urea groups is 1. The molecule has 5 rings (SSSR count). The summed E-state index contributed by atoms with van der Waals surface area (Å²) < 4.78 is 17.6. The molecule has 25 nitrogen and oxygen atoms in total. The number of ether oxygens (including phenoxy) is 3. The number of imide groups is 1. The molecule has 94 heavy (non-hydrogen) atoms. The molecule has 0 unspecified atom stereocenters. The molecule has 0 radical (unpaired) electrons. The average molecular weight is 1310 g/mol. The molecule has 1 saturated heterocycles. The van der Waals surface area contributed by atoms with E-state index >= 15 is 0 Å². The van der Waals surface area contributed by atoms with E-state index in [9.17, 15) is 62.6 Å². The molecule has 2 aliphatic heterocycles. The van der Waals surface area contributed by atoms with Crippen LogP contribution in [-0.2, 0) is 75.2 Å². The van der Waals surface area contributed by atoms with E-state index in [4.69, 9.17) is 19.9 Å². The number of carboxylic acids is 1. The third-order valence-electron chi connectivity index (χ3n) is 18.7. The summed E-state index contributed by atoms with van der Waals surface area (Å²) in [6.07, 6.45) is 3.90. The second-order valence-corrected chi connectivity index (χ2v) is 26.5. The number of hydrogen-bond acceptors (Lipinski definition) is 15. The van der Waals surface area contributed by atoms with Gasteiger partial charge in [0.15, 0.2) is 11.6 Å². The van der Waals surface area contributed by atoms with Crippen LogP contribution in [0, 0.1) is 35.5 Å². The molecule has 2 aromatic rings. The number of nitrogens with two attached hydrogens (primary N) is 1. The first-order chi connectivity index (χ1) is 44.4. The predicted octanol–water partition coefficient (Wildman–Crippen LogP) is 6.34. The summed E-state index contributed by atoms with van der Waals surface area (Å²) in [4.78, 5) is 163. The number of nitrogens with one attached hydrogen (secondary N) is 5. The maximum atomic E-state index is 14.7. The standard InChI is InChI=1S/C69H101N9O16/c1-13-42(6)61(53(92-11)38-58(84)77-34-20-24-51(77)62(93-12)43(7)63(85)74-60(66(88)89)50-35-45-21-16-17-23-48(45)50)76(10)65(87)49(40(2)3)37-54(80)69(8,9)75-68(91)94-39-44-26-28-47(29-27-44)72-64(86)46(22-19-32-71-67(70)90)36-52(79)59(41(4)5)73-55(81)25-15-14-18-33-78-56(82)30-31-57(78)83/h16-17,21,23,26-31,40-43,46,49-51,53,59-62H,13-15,18-20,22,24-25,32-39H2,1-12H3,(H,72,86)(H,73,81)(H,74,85)(H,75,91)(H,88,89)(H3,70,71,90)/t42-,43+,46+,49-,50-,51-,53+,59-,60-,61-,62+/m0/s1. The number of carbonyl (C=O) groups is 12. The maximum Gasteiger partial charge on any atom is 0.408 e. The van der Waals surface area contributed by atoms with Crippen LogP contribution in [0.3, 0.4) is 0 Å². The number of hydrogen-bond donors (Lipinski definition) is 7. The first-order valence-corrected chi connectivity index (χ1v) is 32.9. The Bertz CT molecular complexity index is 3020. The van der Waals surface area contributed by atoms with E-state index in [1.165, 1.54) is 40.2 Å². The summed E-state index contributed by atoms with van der Waals surface area (Å²) in [6.45, 7) is 16.4. The van der Waals surface area contributed by atoms with Crippen molar-refractivity contribution in [1.82, 2.24) is 36.0 Å². The molecule has 1 fully saturated rings. The van der Waals surface area contributed by atoms with E-state index in [2.05, 4.69) is 26.6 Å². The summed E-state index contributed by atoms with van der Waals surface area (Å²) in [6, 6.07) is 10.1. The number of benzene rings is 2. The van der Waals surface area contributed by atoms with Gasteiger partial charge >= 0.3 is 18.1 Å². The van der Waals surface area contributed by atoms with Crippen molar-refractivity contribution in [2.45, 2.75) is 200 Å². The number of alkyl carbamates (subject to hydrolysis) is 1. The maximum absolute atomic E-state index is 14.7. The van der Waals surface area contributed by atoms with Gasteiger partial charge in [-0.25, -0.2) is 14.4 Å². The predicted molar refractivity (Wildman–Crippen MR) is 350 cm³/mol. The number of amides is 10. The van der Waals surface area contributed by atoms with E-state index < -0.39 is 95.4 Å². The quantitative estimate of drug-likeness (QED) is 0.0283. The number of unbranched alkanes of at least 4 members (excludes halogenated alkanes) is 2. The molecule has 25 heteroatoms. The SMILES string of the molecule is CC[C@H](C)[C@@H]([C@@H](CC(=O)N1CCC[C@H]1[C@H](OC)[C@@H](C)C(=O)N[C@H](C(=O)O)[C@H]1Cc2ccccc21)OC)N(C)C(=O)[C@@H](CC(=O)C(C)(C)NC(=O)OCc1ccc(NC(=O)[C@H](CCCNC(N)=O)CC(=O)[C@@H](NC(=O)CCCCCN2C(=O)C=CC2=O)C(C)C)cc1)C(C)C. The van der Waals surface area contributed by atoms with Gasteiger partial charge < -0.3 is 61.4 Å². The molecule has 0 spiro atoms. The first-order valence-electron chi connectivity index (χ1n) is 32.9. The molecule has 2 heterocycles. The molecule has 518 valence electrons. The number of carbonyl (C=O) groups excluding carboxylic acids is 11. The van der Waals surface area contributed by atoms with Crippen LogP contribution in [0.15, 0.2) is 60.7 Å². The zero-order valence-corrected chi connectivity index (χ0v) is 56.8. The van der Waals surface area contributed by atoms with E-state index in [-0.39, 0.29) is 111 Å². The zero-order chi connectivity index (χ0) is 69.7. The fraction of sp³-hybridized carbons (Fsp3) is 0.623. The normalized spacial score (nSPS) is 18.1. The van der Waals surface area contributed by atoms with Crippen molar-refractivity contribution in [2.24, 2.45) is 41.2 Å². The summed E-state index contributed by atoms with van der Waals surface area (Å²) in [5.74, 6) is -8.34. The smallest absolute Gasteiger partial charge is 0.408 e. The van der Waals surface area contributed by atoms with Crippen LogP contribution in [0.4, 0.5) is 15.3 Å². The van der Waals surface area contributed by atoms with Gasteiger partial charge in [0.05, 0.1) is 48.2 Å². The topological polar surface area (TPSA) is 349 Å². The Hall–Kier alpha value is -8.06. The largest absolute Gasteiger partial charge is 0.480 e. The number of primary amides is 1. The molecule has 0 bridgehead atoms. The second kappa shape index (κ2) is 36.0. The number of rotatable bonds is 39. The Balaban J connectivity index is 1.14. The summed E-state index contributed by atoms with van der Waals surface area (Å²) in [5, 5.41) is 23.8. The monoisotopic (exact) mass is 1310 g/mol.